The van der Waals surface area contributed by atoms with Gasteiger partial charge in [0.15, 0.2) is 0 Å². The van der Waals surface area contributed by atoms with E-state index in [9.17, 15) is 18.3 Å². The Morgan fingerprint density at radius 2 is 1.81 bits per heavy atom. The van der Waals surface area contributed by atoms with E-state index in [-0.39, 0.29) is 6.61 Å². The van der Waals surface area contributed by atoms with Crippen LogP contribution >= 0.6 is 0 Å². The van der Waals surface area contributed by atoms with Gasteiger partial charge in [-0.05, 0) is 30.7 Å². The second-order valence-corrected chi connectivity index (χ2v) is 3.40. The number of hydrogen-bond donors (Lipinski definition) is 1. The van der Waals surface area contributed by atoms with Crippen LogP contribution in [-0.2, 0) is 6.18 Å². The van der Waals surface area contributed by atoms with Gasteiger partial charge in [0, 0.05) is 0 Å². The van der Waals surface area contributed by atoms with E-state index < -0.39 is 17.8 Å². The Morgan fingerprint density at radius 1 is 1.25 bits per heavy atom. The van der Waals surface area contributed by atoms with Crippen LogP contribution in [0.5, 0.6) is 5.75 Å². The topological polar surface area (TPSA) is 29.5 Å². The van der Waals surface area contributed by atoms with Gasteiger partial charge in [-0.15, -0.1) is 0 Å². The summed E-state index contributed by atoms with van der Waals surface area (Å²) in [5.74, 6) is 0.320. The van der Waals surface area contributed by atoms with E-state index in [2.05, 4.69) is 0 Å². The number of aliphatic hydroxyl groups excluding tert-OH is 1. The summed E-state index contributed by atoms with van der Waals surface area (Å²) < 4.78 is 41.7. The Kier molecular flexibility index (Phi) is 4.18. The summed E-state index contributed by atoms with van der Waals surface area (Å²) in [4.78, 5) is 0. The second-order valence-electron chi connectivity index (χ2n) is 3.40. The van der Waals surface area contributed by atoms with Crippen LogP contribution in [0.3, 0.4) is 0 Å². The minimum absolute atomic E-state index is 0.0852. The van der Waals surface area contributed by atoms with Gasteiger partial charge in [-0.2, -0.15) is 13.2 Å². The molecule has 0 saturated carbocycles. The Labute approximate surface area is 91.7 Å². The van der Waals surface area contributed by atoms with E-state index in [0.717, 1.165) is 12.1 Å². The molecule has 0 aliphatic heterocycles. The van der Waals surface area contributed by atoms with E-state index in [1.54, 1.807) is 6.92 Å². The highest BCUT2D eigenvalue weighted by molar-refractivity contribution is 5.28. The molecule has 0 aromatic heterocycles. The molecule has 1 atom stereocenters. The van der Waals surface area contributed by atoms with Gasteiger partial charge >= 0.3 is 6.18 Å². The first-order chi connectivity index (χ1) is 7.43. The van der Waals surface area contributed by atoms with Gasteiger partial charge in [0.1, 0.15) is 12.4 Å². The van der Waals surface area contributed by atoms with Crippen LogP contribution in [0.25, 0.3) is 0 Å². The van der Waals surface area contributed by atoms with Crippen molar-refractivity contribution in [3.8, 4) is 5.75 Å². The Morgan fingerprint density at radius 3 is 2.25 bits per heavy atom. The molecular weight excluding hydrogens is 221 g/mol. The standard InChI is InChI=1S/C11H13F3O2/c1-2-9(15)7-16-10-5-3-8(4-6-10)11(12,13)14/h3-6,9,15H,2,7H2,1H3. The predicted molar refractivity (Wildman–Crippen MR) is 53.2 cm³/mol. The summed E-state index contributed by atoms with van der Waals surface area (Å²) >= 11 is 0. The van der Waals surface area contributed by atoms with Gasteiger partial charge < -0.3 is 9.84 Å². The van der Waals surface area contributed by atoms with Crippen LogP contribution in [-0.4, -0.2) is 17.8 Å². The van der Waals surface area contributed by atoms with Crippen molar-refractivity contribution in [1.29, 1.82) is 0 Å². The van der Waals surface area contributed by atoms with Crippen LogP contribution in [0.4, 0.5) is 13.2 Å². The average molecular weight is 234 g/mol. The van der Waals surface area contributed by atoms with Crippen LogP contribution in [0, 0.1) is 0 Å². The van der Waals surface area contributed by atoms with Crippen molar-refractivity contribution < 1.29 is 23.0 Å². The van der Waals surface area contributed by atoms with E-state index in [0.29, 0.717) is 12.2 Å². The van der Waals surface area contributed by atoms with Crippen molar-refractivity contribution >= 4 is 0 Å². The molecule has 5 heteroatoms. The molecule has 1 rings (SSSR count). The normalized spacial score (nSPS) is 13.6. The van der Waals surface area contributed by atoms with Crippen molar-refractivity contribution in [3.05, 3.63) is 29.8 Å². The smallest absolute Gasteiger partial charge is 0.416 e. The van der Waals surface area contributed by atoms with Gasteiger partial charge in [-0.3, -0.25) is 0 Å². The third kappa shape index (κ3) is 3.73. The maximum atomic E-state index is 12.2. The monoisotopic (exact) mass is 234 g/mol. The molecule has 90 valence electrons. The zero-order chi connectivity index (χ0) is 12.2. The maximum absolute atomic E-state index is 12.2. The van der Waals surface area contributed by atoms with E-state index >= 15 is 0 Å². The highest BCUT2D eigenvalue weighted by Gasteiger charge is 2.29. The van der Waals surface area contributed by atoms with Gasteiger partial charge in [0.25, 0.3) is 0 Å². The fourth-order valence-corrected chi connectivity index (χ4v) is 1.05. The molecule has 0 radical (unpaired) electrons. The fraction of sp³-hybridized carbons (Fsp3) is 0.455. The number of rotatable bonds is 4. The molecule has 16 heavy (non-hydrogen) atoms. The lowest BCUT2D eigenvalue weighted by Crippen LogP contribution is -2.16. The quantitative estimate of drug-likeness (QED) is 0.868. The molecule has 0 saturated heterocycles. The SMILES string of the molecule is CCC(O)COc1ccc(C(F)(F)F)cc1. The molecule has 1 unspecified atom stereocenters. The zero-order valence-electron chi connectivity index (χ0n) is 8.79. The third-order valence-corrected chi connectivity index (χ3v) is 2.10. The number of halogens is 3. The summed E-state index contributed by atoms with van der Waals surface area (Å²) in [6.45, 7) is 1.88. The Bertz CT molecular complexity index is 319. The van der Waals surface area contributed by atoms with E-state index in [1.165, 1.54) is 12.1 Å². The highest BCUT2D eigenvalue weighted by atomic mass is 19.4. The van der Waals surface area contributed by atoms with Gasteiger partial charge in [-0.25, -0.2) is 0 Å². The molecule has 0 amide bonds. The summed E-state index contributed by atoms with van der Waals surface area (Å²) in [6, 6.07) is 4.39. The highest BCUT2D eigenvalue weighted by Crippen LogP contribution is 2.30. The second kappa shape index (κ2) is 5.21. The minimum atomic E-state index is -4.33. The molecule has 1 N–H and O–H groups in total. The first-order valence-electron chi connectivity index (χ1n) is 4.91. The van der Waals surface area contributed by atoms with Crippen molar-refractivity contribution in [3.63, 3.8) is 0 Å². The molecule has 0 bridgehead atoms. The minimum Gasteiger partial charge on any atom is -0.491 e. The van der Waals surface area contributed by atoms with Gasteiger partial charge in [-0.1, -0.05) is 6.92 Å². The lowest BCUT2D eigenvalue weighted by Gasteiger charge is -2.11. The zero-order valence-corrected chi connectivity index (χ0v) is 8.79. The summed E-state index contributed by atoms with van der Waals surface area (Å²) in [6.07, 6.45) is -4.38. The lowest BCUT2D eigenvalue weighted by molar-refractivity contribution is -0.137. The third-order valence-electron chi connectivity index (χ3n) is 2.10. The number of alkyl halides is 3. The molecule has 2 nitrogen and oxygen atoms in total. The van der Waals surface area contributed by atoms with Crippen LogP contribution in [0.15, 0.2) is 24.3 Å². The summed E-state index contributed by atoms with van der Waals surface area (Å²) in [7, 11) is 0. The number of hydrogen-bond acceptors (Lipinski definition) is 2. The number of ether oxygens (including phenoxy) is 1. The molecule has 1 aromatic rings. The molecule has 0 aliphatic rings. The lowest BCUT2D eigenvalue weighted by atomic mass is 10.2. The van der Waals surface area contributed by atoms with Crippen molar-refractivity contribution in [2.24, 2.45) is 0 Å². The van der Waals surface area contributed by atoms with Gasteiger partial charge in [0.05, 0.1) is 11.7 Å². The molecular formula is C11H13F3O2. The van der Waals surface area contributed by atoms with Crippen LogP contribution < -0.4 is 4.74 Å². The first-order valence-corrected chi connectivity index (χ1v) is 4.91. The predicted octanol–water partition coefficient (Wildman–Crippen LogP) is 2.86. The Hall–Kier alpha value is -1.23. The maximum Gasteiger partial charge on any atom is 0.416 e. The van der Waals surface area contributed by atoms with Crippen LogP contribution in [0.1, 0.15) is 18.9 Å². The van der Waals surface area contributed by atoms with Crippen LogP contribution in [0.2, 0.25) is 0 Å². The largest absolute Gasteiger partial charge is 0.491 e. The first kappa shape index (κ1) is 12.8. The van der Waals surface area contributed by atoms with E-state index in [4.69, 9.17) is 4.74 Å². The summed E-state index contributed by atoms with van der Waals surface area (Å²) in [5.41, 5.74) is -0.712. The van der Waals surface area contributed by atoms with Gasteiger partial charge in [0.2, 0.25) is 0 Å². The number of aliphatic hydroxyl groups is 1. The van der Waals surface area contributed by atoms with Crippen molar-refractivity contribution in [2.45, 2.75) is 25.6 Å². The molecule has 0 aliphatic carbocycles. The molecule has 0 fully saturated rings. The molecule has 1 aromatic carbocycles. The summed E-state index contributed by atoms with van der Waals surface area (Å²) in [5, 5.41) is 9.20. The molecule has 0 spiro atoms. The Balaban J connectivity index is 2.58. The average Bonchev–Trinajstić information content (AvgIpc) is 2.25. The van der Waals surface area contributed by atoms with Crippen molar-refractivity contribution in [1.82, 2.24) is 0 Å². The number of benzene rings is 1. The fourth-order valence-electron chi connectivity index (χ4n) is 1.05. The van der Waals surface area contributed by atoms with E-state index in [1.807, 2.05) is 0 Å². The molecule has 0 heterocycles. The van der Waals surface area contributed by atoms with Crippen molar-refractivity contribution in [2.75, 3.05) is 6.61 Å².